The van der Waals surface area contributed by atoms with Crippen molar-refractivity contribution >= 4 is 11.9 Å². The Morgan fingerprint density at radius 3 is 2.07 bits per heavy atom. The summed E-state index contributed by atoms with van der Waals surface area (Å²) >= 11 is 0. The molecule has 0 aliphatic rings. The second-order valence-electron chi connectivity index (χ2n) is 6.93. The van der Waals surface area contributed by atoms with Crippen LogP contribution in [-0.2, 0) is 11.2 Å². The highest BCUT2D eigenvalue weighted by molar-refractivity contribution is 5.90. The van der Waals surface area contributed by atoms with Gasteiger partial charge < -0.3 is 18.6 Å². The number of aryl methyl sites for hydroxylation is 3. The maximum absolute atomic E-state index is 12.5. The van der Waals surface area contributed by atoms with E-state index in [1.807, 2.05) is 20.8 Å². The van der Waals surface area contributed by atoms with Gasteiger partial charge in [0.15, 0.2) is 11.5 Å². The summed E-state index contributed by atoms with van der Waals surface area (Å²) in [5.41, 5.74) is 4.88. The normalized spacial score (nSPS) is 10.6. The first-order valence-electron chi connectivity index (χ1n) is 9.36. The van der Waals surface area contributed by atoms with E-state index in [-0.39, 0.29) is 24.2 Å². The van der Waals surface area contributed by atoms with E-state index in [1.54, 1.807) is 12.1 Å². The Morgan fingerprint density at radius 2 is 1.53 bits per heavy atom. The summed E-state index contributed by atoms with van der Waals surface area (Å²) in [6.45, 7) is 6.03. The van der Waals surface area contributed by atoms with Gasteiger partial charge >= 0.3 is 6.01 Å². The fourth-order valence-electron chi connectivity index (χ4n) is 3.41. The second kappa shape index (κ2) is 8.86. The highest BCUT2D eigenvalue weighted by atomic mass is 16.5. The molecule has 0 saturated heterocycles. The van der Waals surface area contributed by atoms with Gasteiger partial charge in [-0.1, -0.05) is 22.8 Å². The molecular weight excluding hydrogens is 386 g/mol. The molecule has 0 atom stereocenters. The summed E-state index contributed by atoms with van der Waals surface area (Å²) in [5, 5.41) is 10.6. The van der Waals surface area contributed by atoms with E-state index < -0.39 is 0 Å². The zero-order valence-corrected chi connectivity index (χ0v) is 18.0. The molecule has 30 heavy (non-hydrogen) atoms. The van der Waals surface area contributed by atoms with E-state index in [0.29, 0.717) is 22.8 Å². The molecule has 0 spiro atoms. The summed E-state index contributed by atoms with van der Waals surface area (Å²) in [5.74, 6) is 1.36. The molecule has 8 heteroatoms. The van der Waals surface area contributed by atoms with E-state index in [0.717, 1.165) is 16.7 Å². The lowest BCUT2D eigenvalue weighted by Crippen LogP contribution is -2.16. The van der Waals surface area contributed by atoms with Crippen molar-refractivity contribution < 1.29 is 23.4 Å². The minimum atomic E-state index is -0.231. The molecule has 3 rings (SSSR count). The Morgan fingerprint density at radius 1 is 0.933 bits per heavy atom. The maximum Gasteiger partial charge on any atom is 0.322 e. The van der Waals surface area contributed by atoms with Crippen molar-refractivity contribution in [3.8, 4) is 28.7 Å². The molecule has 1 heterocycles. The van der Waals surface area contributed by atoms with Crippen LogP contribution in [0.3, 0.4) is 0 Å². The first-order valence-corrected chi connectivity index (χ1v) is 9.36. The van der Waals surface area contributed by atoms with Crippen LogP contribution in [-0.4, -0.2) is 37.4 Å². The molecule has 0 unspecified atom stereocenters. The molecule has 2 aromatic carbocycles. The van der Waals surface area contributed by atoms with Gasteiger partial charge in [-0.15, -0.1) is 5.10 Å². The standard InChI is InChI=1S/C22H25N3O5/c1-12-7-13(2)16(14(3)8-12)11-19(26)23-22-25-24-21(30-22)15-9-17(27-4)20(29-6)18(10-15)28-5/h7-10H,11H2,1-6H3,(H,23,25,26). The van der Waals surface area contributed by atoms with Crippen molar-refractivity contribution in [2.75, 3.05) is 26.6 Å². The number of aromatic nitrogens is 2. The van der Waals surface area contributed by atoms with Crippen molar-refractivity contribution in [3.05, 3.63) is 46.5 Å². The number of anilines is 1. The number of hydrogen-bond acceptors (Lipinski definition) is 7. The van der Waals surface area contributed by atoms with Gasteiger partial charge in [-0.25, -0.2) is 0 Å². The molecule has 3 aromatic rings. The van der Waals surface area contributed by atoms with Gasteiger partial charge in [-0.2, -0.15) is 0 Å². The van der Waals surface area contributed by atoms with Crippen LogP contribution in [0.1, 0.15) is 22.3 Å². The van der Waals surface area contributed by atoms with Gasteiger partial charge in [-0.05, 0) is 49.6 Å². The number of rotatable bonds is 7. The van der Waals surface area contributed by atoms with Gasteiger partial charge in [0.05, 0.1) is 27.8 Å². The van der Waals surface area contributed by atoms with E-state index >= 15 is 0 Å². The number of hydrogen-bond donors (Lipinski definition) is 1. The highest BCUT2D eigenvalue weighted by Crippen LogP contribution is 2.41. The number of nitrogens with one attached hydrogen (secondary N) is 1. The third-order valence-corrected chi connectivity index (χ3v) is 4.76. The molecule has 0 radical (unpaired) electrons. The van der Waals surface area contributed by atoms with Crippen LogP contribution >= 0.6 is 0 Å². The van der Waals surface area contributed by atoms with E-state index in [2.05, 4.69) is 27.6 Å². The molecule has 1 aromatic heterocycles. The van der Waals surface area contributed by atoms with Crippen LogP contribution in [0.5, 0.6) is 17.2 Å². The monoisotopic (exact) mass is 411 g/mol. The molecule has 1 amide bonds. The van der Waals surface area contributed by atoms with E-state index in [4.69, 9.17) is 18.6 Å². The van der Waals surface area contributed by atoms with Crippen molar-refractivity contribution in [3.63, 3.8) is 0 Å². The predicted octanol–water partition coefficient (Wildman–Crippen LogP) is 3.87. The quantitative estimate of drug-likeness (QED) is 0.630. The zero-order valence-electron chi connectivity index (χ0n) is 18.0. The molecule has 0 saturated carbocycles. The Labute approximate surface area is 175 Å². The number of benzene rings is 2. The average molecular weight is 411 g/mol. The number of nitrogens with zero attached hydrogens (tertiary/aromatic N) is 2. The number of carbonyl (C=O) groups is 1. The fourth-order valence-corrected chi connectivity index (χ4v) is 3.41. The van der Waals surface area contributed by atoms with E-state index in [9.17, 15) is 4.79 Å². The topological polar surface area (TPSA) is 95.7 Å². The SMILES string of the molecule is COc1cc(-c2nnc(NC(=O)Cc3c(C)cc(C)cc3C)o2)cc(OC)c1OC. The van der Waals surface area contributed by atoms with Gasteiger partial charge in [0.1, 0.15) is 0 Å². The molecule has 1 N–H and O–H groups in total. The minimum Gasteiger partial charge on any atom is -0.493 e. The van der Waals surface area contributed by atoms with Crippen LogP contribution in [0.15, 0.2) is 28.7 Å². The largest absolute Gasteiger partial charge is 0.493 e. The van der Waals surface area contributed by atoms with Crippen molar-refractivity contribution in [2.45, 2.75) is 27.2 Å². The minimum absolute atomic E-state index is 0.0196. The Hall–Kier alpha value is -3.55. The molecule has 158 valence electrons. The lowest BCUT2D eigenvalue weighted by molar-refractivity contribution is -0.115. The predicted molar refractivity (Wildman–Crippen MR) is 112 cm³/mol. The Bertz CT molecular complexity index is 1030. The molecular formula is C22H25N3O5. The van der Waals surface area contributed by atoms with Crippen molar-refractivity contribution in [1.29, 1.82) is 0 Å². The molecule has 0 fully saturated rings. The fraction of sp³-hybridized carbons (Fsp3) is 0.318. The summed E-state index contributed by atoms with van der Waals surface area (Å²) in [4.78, 5) is 12.5. The van der Waals surface area contributed by atoms with Crippen LogP contribution in [0.2, 0.25) is 0 Å². The van der Waals surface area contributed by atoms with Crippen molar-refractivity contribution in [1.82, 2.24) is 10.2 Å². The lowest BCUT2D eigenvalue weighted by Gasteiger charge is -2.12. The third kappa shape index (κ3) is 4.37. The van der Waals surface area contributed by atoms with Crippen LogP contribution in [0.4, 0.5) is 6.01 Å². The highest BCUT2D eigenvalue weighted by Gasteiger charge is 2.18. The van der Waals surface area contributed by atoms with Crippen LogP contribution < -0.4 is 19.5 Å². The Balaban J connectivity index is 1.79. The lowest BCUT2D eigenvalue weighted by atomic mass is 9.97. The first-order chi connectivity index (χ1) is 14.4. The number of amides is 1. The van der Waals surface area contributed by atoms with Gasteiger partial charge in [-0.3, -0.25) is 10.1 Å². The zero-order chi connectivity index (χ0) is 21.8. The Kier molecular flexibility index (Phi) is 6.25. The summed E-state index contributed by atoms with van der Waals surface area (Å²) in [7, 11) is 4.57. The molecule has 8 nitrogen and oxygen atoms in total. The van der Waals surface area contributed by atoms with Crippen LogP contribution in [0, 0.1) is 20.8 Å². The summed E-state index contributed by atoms with van der Waals surface area (Å²) in [6.07, 6.45) is 0.222. The molecule has 0 aliphatic heterocycles. The van der Waals surface area contributed by atoms with Gasteiger partial charge in [0, 0.05) is 5.56 Å². The average Bonchev–Trinajstić information content (AvgIpc) is 3.17. The third-order valence-electron chi connectivity index (χ3n) is 4.76. The van der Waals surface area contributed by atoms with Crippen LogP contribution in [0.25, 0.3) is 11.5 Å². The summed E-state index contributed by atoms with van der Waals surface area (Å²) < 4.78 is 21.6. The number of ether oxygens (including phenoxy) is 3. The maximum atomic E-state index is 12.5. The summed E-state index contributed by atoms with van der Waals surface area (Å²) in [6, 6.07) is 7.53. The molecule has 0 aliphatic carbocycles. The first kappa shape index (κ1) is 21.2. The number of carbonyl (C=O) groups excluding carboxylic acids is 1. The van der Waals surface area contributed by atoms with Crippen molar-refractivity contribution in [2.24, 2.45) is 0 Å². The smallest absolute Gasteiger partial charge is 0.322 e. The van der Waals surface area contributed by atoms with E-state index in [1.165, 1.54) is 26.9 Å². The second-order valence-corrected chi connectivity index (χ2v) is 6.93. The van der Waals surface area contributed by atoms with Gasteiger partial charge in [0.2, 0.25) is 17.5 Å². The number of methoxy groups -OCH3 is 3. The molecule has 0 bridgehead atoms. The van der Waals surface area contributed by atoms with Gasteiger partial charge in [0.25, 0.3) is 0 Å².